The molecular weight excluding hydrogens is 178 g/mol. The molecule has 0 amide bonds. The number of hydrogen-bond donors (Lipinski definition) is 1. The topological polar surface area (TPSA) is 40.5 Å². The van der Waals surface area contributed by atoms with E-state index in [-0.39, 0.29) is 12.5 Å². The van der Waals surface area contributed by atoms with Crippen LogP contribution in [0.4, 0.5) is 0 Å². The van der Waals surface area contributed by atoms with Crippen molar-refractivity contribution in [1.29, 1.82) is 0 Å². The zero-order valence-electron chi connectivity index (χ0n) is 9.20. The Balaban J connectivity index is 2.51. The lowest BCUT2D eigenvalue weighted by molar-refractivity contribution is -0.138. The van der Waals surface area contributed by atoms with Crippen molar-refractivity contribution in [3.05, 3.63) is 0 Å². The smallest absolute Gasteiger partial charge is 0.304 e. The molecule has 0 aliphatic heterocycles. The van der Waals surface area contributed by atoms with Gasteiger partial charge in [-0.1, -0.05) is 19.3 Å². The average Bonchev–Trinajstić information content (AvgIpc) is 2.15. The molecule has 1 fully saturated rings. The fourth-order valence-electron chi connectivity index (χ4n) is 2.47. The van der Waals surface area contributed by atoms with Gasteiger partial charge in [-0.2, -0.15) is 0 Å². The minimum absolute atomic E-state index is 0.229. The van der Waals surface area contributed by atoms with E-state index in [0.717, 1.165) is 0 Å². The number of carboxylic acid groups (broad SMARTS) is 1. The van der Waals surface area contributed by atoms with Gasteiger partial charge >= 0.3 is 5.97 Å². The lowest BCUT2D eigenvalue weighted by Crippen LogP contribution is -2.38. The minimum atomic E-state index is -0.672. The molecule has 0 spiro atoms. The van der Waals surface area contributed by atoms with Gasteiger partial charge in [-0.05, 0) is 32.9 Å². The summed E-state index contributed by atoms with van der Waals surface area (Å²) in [5.74, 6) is -0.0795. The monoisotopic (exact) mass is 199 g/mol. The van der Waals surface area contributed by atoms with E-state index < -0.39 is 5.97 Å². The Hall–Kier alpha value is -0.570. The summed E-state index contributed by atoms with van der Waals surface area (Å²) in [4.78, 5) is 12.8. The van der Waals surface area contributed by atoms with Gasteiger partial charge < -0.3 is 10.0 Å². The zero-order chi connectivity index (χ0) is 10.6. The first-order chi connectivity index (χ1) is 6.61. The summed E-state index contributed by atoms with van der Waals surface area (Å²) in [6, 6.07) is 0.229. The maximum Gasteiger partial charge on any atom is 0.304 e. The van der Waals surface area contributed by atoms with Crippen molar-refractivity contribution < 1.29 is 9.90 Å². The van der Waals surface area contributed by atoms with Crippen molar-refractivity contribution in [1.82, 2.24) is 4.90 Å². The van der Waals surface area contributed by atoms with Gasteiger partial charge in [0.15, 0.2) is 0 Å². The Labute approximate surface area is 86.1 Å². The quantitative estimate of drug-likeness (QED) is 0.752. The number of carbonyl (C=O) groups is 1. The Morgan fingerprint density at radius 2 is 1.93 bits per heavy atom. The highest BCUT2D eigenvalue weighted by molar-refractivity contribution is 5.67. The normalized spacial score (nSPS) is 21.1. The first-order valence-electron chi connectivity index (χ1n) is 5.49. The number of hydrogen-bond acceptors (Lipinski definition) is 2. The summed E-state index contributed by atoms with van der Waals surface area (Å²) in [5.41, 5.74) is 0. The Bertz CT molecular complexity index is 186. The largest absolute Gasteiger partial charge is 0.481 e. The molecule has 82 valence electrons. The molecule has 3 nitrogen and oxygen atoms in total. The average molecular weight is 199 g/mol. The summed E-state index contributed by atoms with van der Waals surface area (Å²) in [6.07, 6.45) is 6.57. The first kappa shape index (κ1) is 11.5. The summed E-state index contributed by atoms with van der Waals surface area (Å²) in [7, 11) is 3.98. The Morgan fingerprint density at radius 1 is 1.36 bits per heavy atom. The van der Waals surface area contributed by atoms with Gasteiger partial charge in [-0.3, -0.25) is 4.79 Å². The molecule has 0 radical (unpaired) electrons. The number of nitrogens with zero attached hydrogens (tertiary/aromatic N) is 1. The molecule has 3 heteroatoms. The molecule has 0 aromatic rings. The van der Waals surface area contributed by atoms with E-state index in [2.05, 4.69) is 4.90 Å². The summed E-state index contributed by atoms with van der Waals surface area (Å²) in [6.45, 7) is 0. The van der Waals surface area contributed by atoms with Crippen LogP contribution in [0.15, 0.2) is 0 Å². The fourth-order valence-corrected chi connectivity index (χ4v) is 2.47. The van der Waals surface area contributed by atoms with Crippen molar-refractivity contribution in [3.63, 3.8) is 0 Å². The molecule has 14 heavy (non-hydrogen) atoms. The van der Waals surface area contributed by atoms with Crippen LogP contribution in [0.5, 0.6) is 0 Å². The lowest BCUT2D eigenvalue weighted by atomic mass is 9.82. The molecule has 1 rings (SSSR count). The molecule has 1 saturated carbocycles. The molecule has 0 heterocycles. The SMILES string of the molecule is CN(C)[C@@H](CC(=O)O)C1CCCCC1. The third-order valence-electron chi connectivity index (χ3n) is 3.24. The van der Waals surface area contributed by atoms with Gasteiger partial charge in [0, 0.05) is 6.04 Å². The predicted molar refractivity (Wildman–Crippen MR) is 56.3 cm³/mol. The molecule has 0 aromatic carbocycles. The first-order valence-corrected chi connectivity index (χ1v) is 5.49. The second-order valence-corrected chi connectivity index (χ2v) is 4.53. The second-order valence-electron chi connectivity index (χ2n) is 4.53. The Kier molecular flexibility index (Phi) is 4.39. The summed E-state index contributed by atoms with van der Waals surface area (Å²) >= 11 is 0. The number of carboxylic acids is 1. The second kappa shape index (κ2) is 5.35. The maximum atomic E-state index is 10.7. The molecule has 1 N–H and O–H groups in total. The van der Waals surface area contributed by atoms with Gasteiger partial charge in [0.05, 0.1) is 6.42 Å². The summed E-state index contributed by atoms with van der Waals surface area (Å²) < 4.78 is 0. The highest BCUT2D eigenvalue weighted by atomic mass is 16.4. The van der Waals surface area contributed by atoms with Crippen LogP contribution < -0.4 is 0 Å². The highest BCUT2D eigenvalue weighted by Crippen LogP contribution is 2.29. The van der Waals surface area contributed by atoms with Crippen LogP contribution in [0.1, 0.15) is 38.5 Å². The summed E-state index contributed by atoms with van der Waals surface area (Å²) in [5, 5.41) is 8.84. The highest BCUT2D eigenvalue weighted by Gasteiger charge is 2.26. The lowest BCUT2D eigenvalue weighted by Gasteiger charge is -2.33. The van der Waals surface area contributed by atoms with Crippen molar-refractivity contribution in [3.8, 4) is 0 Å². The van der Waals surface area contributed by atoms with Crippen molar-refractivity contribution in [2.75, 3.05) is 14.1 Å². The van der Waals surface area contributed by atoms with Crippen molar-refractivity contribution in [2.45, 2.75) is 44.6 Å². The van der Waals surface area contributed by atoms with Crippen LogP contribution in [0, 0.1) is 5.92 Å². The zero-order valence-corrected chi connectivity index (χ0v) is 9.20. The van der Waals surface area contributed by atoms with Crippen LogP contribution in [0.25, 0.3) is 0 Å². The van der Waals surface area contributed by atoms with Crippen LogP contribution >= 0.6 is 0 Å². The van der Waals surface area contributed by atoms with E-state index in [1.54, 1.807) is 0 Å². The molecule has 0 aromatic heterocycles. The van der Waals surface area contributed by atoms with Gasteiger partial charge in [0.1, 0.15) is 0 Å². The van der Waals surface area contributed by atoms with E-state index in [1.807, 2.05) is 14.1 Å². The van der Waals surface area contributed by atoms with Crippen LogP contribution in [0.3, 0.4) is 0 Å². The van der Waals surface area contributed by atoms with E-state index in [4.69, 9.17) is 5.11 Å². The Morgan fingerprint density at radius 3 is 2.36 bits per heavy atom. The van der Waals surface area contributed by atoms with Gasteiger partial charge in [0.2, 0.25) is 0 Å². The predicted octanol–water partition coefficient (Wildman–Crippen LogP) is 1.97. The van der Waals surface area contributed by atoms with E-state index in [1.165, 1.54) is 32.1 Å². The van der Waals surface area contributed by atoms with E-state index in [9.17, 15) is 4.79 Å². The van der Waals surface area contributed by atoms with E-state index in [0.29, 0.717) is 5.92 Å². The van der Waals surface area contributed by atoms with Crippen LogP contribution in [-0.4, -0.2) is 36.1 Å². The van der Waals surface area contributed by atoms with Gasteiger partial charge in [-0.15, -0.1) is 0 Å². The number of aliphatic carboxylic acids is 1. The molecule has 0 unspecified atom stereocenters. The van der Waals surface area contributed by atoms with Crippen molar-refractivity contribution in [2.24, 2.45) is 5.92 Å². The minimum Gasteiger partial charge on any atom is -0.481 e. The van der Waals surface area contributed by atoms with Gasteiger partial charge in [-0.25, -0.2) is 0 Å². The standard InChI is InChI=1S/C11H21NO2/c1-12(2)10(8-11(13)14)9-6-4-3-5-7-9/h9-10H,3-8H2,1-2H3,(H,13,14)/t10-/m0/s1. The molecule has 0 saturated heterocycles. The molecule has 1 aliphatic rings. The molecular formula is C11H21NO2. The molecule has 1 atom stereocenters. The van der Waals surface area contributed by atoms with Crippen LogP contribution in [0.2, 0.25) is 0 Å². The van der Waals surface area contributed by atoms with Crippen molar-refractivity contribution >= 4 is 5.97 Å². The van der Waals surface area contributed by atoms with Crippen LogP contribution in [-0.2, 0) is 4.79 Å². The van der Waals surface area contributed by atoms with E-state index >= 15 is 0 Å². The molecule has 1 aliphatic carbocycles. The fraction of sp³-hybridized carbons (Fsp3) is 0.909. The molecule has 0 bridgehead atoms. The van der Waals surface area contributed by atoms with Gasteiger partial charge in [0.25, 0.3) is 0 Å². The number of rotatable bonds is 4. The third kappa shape index (κ3) is 3.29. The third-order valence-corrected chi connectivity index (χ3v) is 3.24. The maximum absolute atomic E-state index is 10.7.